The van der Waals surface area contributed by atoms with Crippen molar-refractivity contribution in [1.82, 2.24) is 0 Å². The first kappa shape index (κ1) is 12.6. The van der Waals surface area contributed by atoms with Gasteiger partial charge in [-0.15, -0.1) is 11.6 Å². The van der Waals surface area contributed by atoms with Gasteiger partial charge in [0.1, 0.15) is 5.75 Å². The molecular weight excluding hydrogens is 235 g/mol. The molecule has 0 fully saturated rings. The fourth-order valence-electron chi connectivity index (χ4n) is 1.32. The largest absolute Gasteiger partial charge is 0.495 e. The molecule has 1 aromatic rings. The van der Waals surface area contributed by atoms with Crippen molar-refractivity contribution in [3.05, 3.63) is 28.8 Å². The smallest absolute Gasteiger partial charge is 0.137 e. The van der Waals surface area contributed by atoms with Crippen LogP contribution in [0.3, 0.4) is 0 Å². The monoisotopic (exact) mass is 248 g/mol. The molecule has 1 unspecified atom stereocenters. The second-order valence-electron chi connectivity index (χ2n) is 3.24. The zero-order valence-corrected chi connectivity index (χ0v) is 10.1. The number of methoxy groups -OCH3 is 1. The summed E-state index contributed by atoms with van der Waals surface area (Å²) >= 11 is 11.4. The fourth-order valence-corrected chi connectivity index (χ4v) is 1.67. The van der Waals surface area contributed by atoms with Crippen LogP contribution in [0.4, 0.5) is 0 Å². The van der Waals surface area contributed by atoms with Gasteiger partial charge in [-0.3, -0.25) is 0 Å². The first-order chi connectivity index (χ1) is 7.19. The minimum Gasteiger partial charge on any atom is -0.495 e. The average Bonchev–Trinajstić information content (AvgIpc) is 2.26. The van der Waals surface area contributed by atoms with Crippen LogP contribution in [0.1, 0.15) is 24.5 Å². The lowest BCUT2D eigenvalue weighted by molar-refractivity contribution is 0.166. The molecule has 1 atom stereocenters. The number of aliphatic hydroxyl groups excluding tert-OH is 1. The number of rotatable bonds is 5. The van der Waals surface area contributed by atoms with Crippen molar-refractivity contribution in [3.8, 4) is 5.75 Å². The second kappa shape index (κ2) is 6.21. The molecule has 0 heterocycles. The Bertz CT molecular complexity index is 315. The molecule has 15 heavy (non-hydrogen) atoms. The van der Waals surface area contributed by atoms with Crippen molar-refractivity contribution in [2.24, 2.45) is 0 Å². The van der Waals surface area contributed by atoms with Crippen LogP contribution in [0.5, 0.6) is 5.75 Å². The van der Waals surface area contributed by atoms with Gasteiger partial charge in [-0.1, -0.05) is 17.7 Å². The van der Waals surface area contributed by atoms with E-state index in [-0.39, 0.29) is 0 Å². The van der Waals surface area contributed by atoms with Gasteiger partial charge in [0.25, 0.3) is 0 Å². The molecule has 84 valence electrons. The van der Waals surface area contributed by atoms with Gasteiger partial charge < -0.3 is 9.84 Å². The molecule has 1 rings (SSSR count). The third-order valence-electron chi connectivity index (χ3n) is 2.17. The van der Waals surface area contributed by atoms with Crippen LogP contribution >= 0.6 is 23.2 Å². The van der Waals surface area contributed by atoms with Crippen molar-refractivity contribution < 1.29 is 9.84 Å². The standard InChI is InChI=1S/C11H14Cl2O2/c1-15-11-7-8(4-5-9(11)13)10(14)3-2-6-12/h4-5,7,10,14H,2-3,6H2,1H3. The molecule has 0 radical (unpaired) electrons. The van der Waals surface area contributed by atoms with E-state index in [0.717, 1.165) is 12.0 Å². The van der Waals surface area contributed by atoms with Gasteiger partial charge in [0.15, 0.2) is 0 Å². The summed E-state index contributed by atoms with van der Waals surface area (Å²) in [6.07, 6.45) is 0.928. The maximum atomic E-state index is 9.81. The van der Waals surface area contributed by atoms with Gasteiger partial charge in [0.2, 0.25) is 0 Å². The minimum atomic E-state index is -0.505. The van der Waals surface area contributed by atoms with Crippen LogP contribution in [-0.4, -0.2) is 18.1 Å². The van der Waals surface area contributed by atoms with E-state index in [1.165, 1.54) is 0 Å². The molecule has 0 aliphatic carbocycles. The number of benzene rings is 1. The molecule has 1 aromatic carbocycles. The molecule has 0 aliphatic rings. The maximum Gasteiger partial charge on any atom is 0.137 e. The molecule has 0 saturated carbocycles. The van der Waals surface area contributed by atoms with Crippen LogP contribution in [0.25, 0.3) is 0 Å². The molecule has 0 aliphatic heterocycles. The van der Waals surface area contributed by atoms with Crippen molar-refractivity contribution in [1.29, 1.82) is 0 Å². The maximum absolute atomic E-state index is 9.81. The van der Waals surface area contributed by atoms with Crippen molar-refractivity contribution in [3.63, 3.8) is 0 Å². The molecule has 0 spiro atoms. The molecule has 0 aromatic heterocycles. The predicted octanol–water partition coefficient (Wildman–Crippen LogP) is 3.40. The fraction of sp³-hybridized carbons (Fsp3) is 0.455. The summed E-state index contributed by atoms with van der Waals surface area (Å²) in [6, 6.07) is 5.27. The van der Waals surface area contributed by atoms with Crippen molar-refractivity contribution >= 4 is 23.2 Å². The highest BCUT2D eigenvalue weighted by Gasteiger charge is 2.09. The Morgan fingerprint density at radius 1 is 1.47 bits per heavy atom. The summed E-state index contributed by atoms with van der Waals surface area (Å²) in [5.74, 6) is 1.14. The lowest BCUT2D eigenvalue weighted by Gasteiger charge is -2.12. The van der Waals surface area contributed by atoms with Crippen LogP contribution < -0.4 is 4.74 Å². The highest BCUT2D eigenvalue weighted by Crippen LogP contribution is 2.29. The average molecular weight is 249 g/mol. The Labute approximate surface area is 99.8 Å². The normalized spacial score (nSPS) is 12.5. The van der Waals surface area contributed by atoms with Gasteiger partial charge in [0, 0.05) is 5.88 Å². The molecule has 4 heteroatoms. The van der Waals surface area contributed by atoms with E-state index in [4.69, 9.17) is 27.9 Å². The Kier molecular flexibility index (Phi) is 5.23. The van der Waals surface area contributed by atoms with E-state index in [1.54, 1.807) is 25.3 Å². The van der Waals surface area contributed by atoms with E-state index in [9.17, 15) is 5.11 Å². The summed E-state index contributed by atoms with van der Waals surface area (Å²) in [6.45, 7) is 0. The van der Waals surface area contributed by atoms with Gasteiger partial charge in [-0.25, -0.2) is 0 Å². The SMILES string of the molecule is COc1cc(C(O)CCCCl)ccc1Cl. The molecular formula is C11H14Cl2O2. The molecule has 2 nitrogen and oxygen atoms in total. The van der Waals surface area contributed by atoms with Gasteiger partial charge in [-0.05, 0) is 30.5 Å². The highest BCUT2D eigenvalue weighted by molar-refractivity contribution is 6.32. The zero-order chi connectivity index (χ0) is 11.3. The minimum absolute atomic E-state index is 0.505. The van der Waals surface area contributed by atoms with Crippen LogP contribution in [-0.2, 0) is 0 Å². The predicted molar refractivity (Wildman–Crippen MR) is 62.9 cm³/mol. The van der Waals surface area contributed by atoms with E-state index in [1.807, 2.05) is 0 Å². The Morgan fingerprint density at radius 3 is 2.80 bits per heavy atom. The first-order valence-corrected chi connectivity index (χ1v) is 5.67. The summed E-state index contributed by atoms with van der Waals surface area (Å²) in [5, 5.41) is 10.4. The molecule has 0 amide bonds. The van der Waals surface area contributed by atoms with Crippen LogP contribution in [0, 0.1) is 0 Å². The van der Waals surface area contributed by atoms with Crippen LogP contribution in [0.2, 0.25) is 5.02 Å². The molecule has 1 N–H and O–H groups in total. The lowest BCUT2D eigenvalue weighted by atomic mass is 10.1. The summed E-state index contributed by atoms with van der Waals surface area (Å²) in [4.78, 5) is 0. The number of hydrogen-bond acceptors (Lipinski definition) is 2. The Morgan fingerprint density at radius 2 is 2.20 bits per heavy atom. The molecule has 0 bridgehead atoms. The molecule has 0 saturated heterocycles. The van der Waals surface area contributed by atoms with Gasteiger partial charge >= 0.3 is 0 Å². The second-order valence-corrected chi connectivity index (χ2v) is 4.03. The Balaban J connectivity index is 2.76. The first-order valence-electron chi connectivity index (χ1n) is 4.76. The van der Waals surface area contributed by atoms with E-state index in [0.29, 0.717) is 23.1 Å². The number of ether oxygens (including phenoxy) is 1. The van der Waals surface area contributed by atoms with E-state index < -0.39 is 6.10 Å². The van der Waals surface area contributed by atoms with Gasteiger partial charge in [-0.2, -0.15) is 0 Å². The third kappa shape index (κ3) is 3.56. The van der Waals surface area contributed by atoms with Gasteiger partial charge in [0.05, 0.1) is 18.2 Å². The summed E-state index contributed by atoms with van der Waals surface area (Å²) in [5.41, 5.74) is 0.807. The topological polar surface area (TPSA) is 29.5 Å². The number of halogens is 2. The quantitative estimate of drug-likeness (QED) is 0.810. The number of alkyl halides is 1. The highest BCUT2D eigenvalue weighted by atomic mass is 35.5. The van der Waals surface area contributed by atoms with Crippen LogP contribution in [0.15, 0.2) is 18.2 Å². The number of aliphatic hydroxyl groups is 1. The van der Waals surface area contributed by atoms with E-state index >= 15 is 0 Å². The Hall–Kier alpha value is -0.440. The summed E-state index contributed by atoms with van der Waals surface area (Å²) in [7, 11) is 1.55. The third-order valence-corrected chi connectivity index (χ3v) is 2.75. The zero-order valence-electron chi connectivity index (χ0n) is 8.54. The number of hydrogen-bond donors (Lipinski definition) is 1. The van der Waals surface area contributed by atoms with E-state index in [2.05, 4.69) is 0 Å². The lowest BCUT2D eigenvalue weighted by Crippen LogP contribution is -1.98. The summed E-state index contributed by atoms with van der Waals surface area (Å²) < 4.78 is 5.07. The van der Waals surface area contributed by atoms with Crippen molar-refractivity contribution in [2.45, 2.75) is 18.9 Å². The van der Waals surface area contributed by atoms with Crippen molar-refractivity contribution in [2.75, 3.05) is 13.0 Å².